The molecule has 1 heterocycles. The van der Waals surface area contributed by atoms with Gasteiger partial charge in [0, 0.05) is 10.9 Å². The minimum absolute atomic E-state index is 0.622. The van der Waals surface area contributed by atoms with Gasteiger partial charge in [0.1, 0.15) is 0 Å². The molecular weight excluding hydrogens is 166 g/mol. The van der Waals surface area contributed by atoms with Crippen molar-refractivity contribution in [3.63, 3.8) is 0 Å². The van der Waals surface area contributed by atoms with Crippen molar-refractivity contribution in [1.82, 2.24) is 5.32 Å². The second-order valence-electron chi connectivity index (χ2n) is 3.07. The topological polar surface area (TPSA) is 12.0 Å². The molecule has 0 saturated carbocycles. The lowest BCUT2D eigenvalue weighted by Gasteiger charge is -2.28. The number of hydrogen-bond acceptors (Lipinski definition) is 2. The van der Waals surface area contributed by atoms with Crippen LogP contribution in [0.5, 0.6) is 0 Å². The second kappa shape index (κ2) is 3.50. The molecule has 2 rings (SSSR count). The molecule has 0 bridgehead atoms. The molecule has 0 aliphatic carbocycles. The highest BCUT2D eigenvalue weighted by molar-refractivity contribution is 7.98. The molecule has 1 aromatic rings. The van der Waals surface area contributed by atoms with Gasteiger partial charge in [0.25, 0.3) is 0 Å². The van der Waals surface area contributed by atoms with Crippen molar-refractivity contribution in [1.29, 1.82) is 0 Å². The molecule has 1 atom stereocenters. The third-order valence-electron chi connectivity index (χ3n) is 2.32. The summed E-state index contributed by atoms with van der Waals surface area (Å²) < 4.78 is 0. The quantitative estimate of drug-likeness (QED) is 0.700. The van der Waals surface area contributed by atoms with Crippen molar-refractivity contribution in [3.8, 4) is 0 Å². The lowest BCUT2D eigenvalue weighted by Crippen LogP contribution is -2.34. The summed E-state index contributed by atoms with van der Waals surface area (Å²) in [7, 11) is 0. The Morgan fingerprint density at radius 1 is 1.50 bits per heavy atom. The second-order valence-corrected chi connectivity index (χ2v) is 3.95. The zero-order valence-corrected chi connectivity index (χ0v) is 8.03. The average molecular weight is 179 g/mol. The van der Waals surface area contributed by atoms with Gasteiger partial charge in [-0.25, -0.2) is 0 Å². The van der Waals surface area contributed by atoms with Crippen molar-refractivity contribution >= 4 is 11.8 Å². The van der Waals surface area contributed by atoms with Gasteiger partial charge in [-0.1, -0.05) is 12.1 Å². The Bertz CT molecular complexity index is 268. The zero-order valence-electron chi connectivity index (χ0n) is 7.21. The fourth-order valence-electron chi connectivity index (χ4n) is 1.43. The first kappa shape index (κ1) is 8.14. The molecule has 1 aromatic carbocycles. The van der Waals surface area contributed by atoms with E-state index in [1.807, 2.05) is 11.8 Å². The monoisotopic (exact) mass is 179 g/mol. The van der Waals surface area contributed by atoms with E-state index in [1.54, 1.807) is 0 Å². The fourth-order valence-corrected chi connectivity index (χ4v) is 1.90. The van der Waals surface area contributed by atoms with E-state index in [-0.39, 0.29) is 0 Å². The summed E-state index contributed by atoms with van der Waals surface area (Å²) in [6.45, 7) is 1.17. The Morgan fingerprint density at radius 2 is 2.33 bits per heavy atom. The van der Waals surface area contributed by atoms with Crippen molar-refractivity contribution in [2.75, 3.05) is 12.8 Å². The average Bonchev–Trinajstić information content (AvgIpc) is 2.02. The number of rotatable bonds is 2. The molecule has 1 fully saturated rings. The van der Waals surface area contributed by atoms with Crippen molar-refractivity contribution in [2.45, 2.75) is 17.4 Å². The van der Waals surface area contributed by atoms with E-state index in [2.05, 4.69) is 35.8 Å². The van der Waals surface area contributed by atoms with Crippen LogP contribution in [0.3, 0.4) is 0 Å². The molecule has 1 aliphatic heterocycles. The molecule has 12 heavy (non-hydrogen) atoms. The Balaban J connectivity index is 2.19. The van der Waals surface area contributed by atoms with E-state index in [4.69, 9.17) is 0 Å². The van der Waals surface area contributed by atoms with Gasteiger partial charge in [-0.2, -0.15) is 0 Å². The molecule has 1 saturated heterocycles. The fraction of sp³-hybridized carbons (Fsp3) is 0.400. The van der Waals surface area contributed by atoms with Gasteiger partial charge in [0.05, 0.1) is 0 Å². The third kappa shape index (κ3) is 1.50. The lowest BCUT2D eigenvalue weighted by atomic mass is 9.98. The molecule has 1 aliphatic rings. The molecule has 0 spiro atoms. The maximum absolute atomic E-state index is 3.40. The smallest absolute Gasteiger partial charge is 0.0332 e. The van der Waals surface area contributed by atoms with E-state index in [0.717, 1.165) is 0 Å². The zero-order chi connectivity index (χ0) is 8.39. The highest BCUT2D eigenvalue weighted by Crippen LogP contribution is 2.25. The van der Waals surface area contributed by atoms with Crippen LogP contribution in [0.15, 0.2) is 29.2 Å². The van der Waals surface area contributed by atoms with Gasteiger partial charge in [-0.05, 0) is 36.9 Å². The van der Waals surface area contributed by atoms with Crippen LogP contribution in [0.1, 0.15) is 18.0 Å². The summed E-state index contributed by atoms with van der Waals surface area (Å²) in [4.78, 5) is 1.36. The van der Waals surface area contributed by atoms with Crippen LogP contribution in [0.25, 0.3) is 0 Å². The normalized spacial score (nSPS) is 21.9. The SMILES string of the molecule is CSc1cccc([C@@H]2CCN2)c1. The molecule has 1 nitrogen and oxygen atoms in total. The van der Waals surface area contributed by atoms with E-state index in [1.165, 1.54) is 23.4 Å². The summed E-state index contributed by atoms with van der Waals surface area (Å²) in [6, 6.07) is 9.41. The minimum Gasteiger partial charge on any atom is -0.310 e. The highest BCUT2D eigenvalue weighted by Gasteiger charge is 2.17. The van der Waals surface area contributed by atoms with Gasteiger partial charge in [0.2, 0.25) is 0 Å². The van der Waals surface area contributed by atoms with Crippen molar-refractivity contribution < 1.29 is 0 Å². The molecule has 64 valence electrons. The lowest BCUT2D eigenvalue weighted by molar-refractivity contribution is 0.383. The van der Waals surface area contributed by atoms with Crippen LogP contribution in [-0.4, -0.2) is 12.8 Å². The molecule has 0 radical (unpaired) electrons. The summed E-state index contributed by atoms with van der Waals surface area (Å²) in [5.74, 6) is 0. The van der Waals surface area contributed by atoms with Crippen LogP contribution in [0, 0.1) is 0 Å². The number of hydrogen-bond donors (Lipinski definition) is 1. The van der Waals surface area contributed by atoms with Crippen LogP contribution in [0.2, 0.25) is 0 Å². The van der Waals surface area contributed by atoms with Crippen molar-refractivity contribution in [3.05, 3.63) is 29.8 Å². The van der Waals surface area contributed by atoms with E-state index in [9.17, 15) is 0 Å². The third-order valence-corrected chi connectivity index (χ3v) is 3.05. The predicted octanol–water partition coefficient (Wildman–Crippen LogP) is 2.44. The maximum Gasteiger partial charge on any atom is 0.0332 e. The Labute approximate surface area is 77.6 Å². The first-order chi connectivity index (χ1) is 5.90. The number of benzene rings is 1. The van der Waals surface area contributed by atoms with E-state index >= 15 is 0 Å². The molecule has 1 N–H and O–H groups in total. The van der Waals surface area contributed by atoms with Crippen LogP contribution in [0.4, 0.5) is 0 Å². The Morgan fingerprint density at radius 3 is 2.92 bits per heavy atom. The van der Waals surface area contributed by atoms with E-state index in [0.29, 0.717) is 6.04 Å². The van der Waals surface area contributed by atoms with E-state index < -0.39 is 0 Å². The standard InChI is InChI=1S/C10H13NS/c1-12-9-4-2-3-8(7-9)10-5-6-11-10/h2-4,7,10-11H,5-6H2,1H3/t10-/m0/s1. The molecule has 0 aromatic heterocycles. The summed E-state index contributed by atoms with van der Waals surface area (Å²) in [5, 5.41) is 3.40. The van der Waals surface area contributed by atoms with Gasteiger partial charge in [-0.3, -0.25) is 0 Å². The molecule has 2 heteroatoms. The van der Waals surface area contributed by atoms with Crippen LogP contribution >= 0.6 is 11.8 Å². The molecule has 0 amide bonds. The summed E-state index contributed by atoms with van der Waals surface area (Å²) in [5.41, 5.74) is 1.44. The van der Waals surface area contributed by atoms with Gasteiger partial charge < -0.3 is 5.32 Å². The van der Waals surface area contributed by atoms with Crippen LogP contribution in [-0.2, 0) is 0 Å². The first-order valence-electron chi connectivity index (χ1n) is 4.27. The maximum atomic E-state index is 3.40. The number of thioether (sulfide) groups is 1. The summed E-state index contributed by atoms with van der Waals surface area (Å²) in [6.07, 6.45) is 3.41. The van der Waals surface area contributed by atoms with Crippen LogP contribution < -0.4 is 5.32 Å². The molecule has 0 unspecified atom stereocenters. The predicted molar refractivity (Wildman–Crippen MR) is 53.6 cm³/mol. The van der Waals surface area contributed by atoms with Gasteiger partial charge in [0.15, 0.2) is 0 Å². The Hall–Kier alpha value is -0.470. The summed E-state index contributed by atoms with van der Waals surface area (Å²) >= 11 is 1.81. The largest absolute Gasteiger partial charge is 0.310 e. The number of nitrogens with one attached hydrogen (secondary N) is 1. The minimum atomic E-state index is 0.622. The highest BCUT2D eigenvalue weighted by atomic mass is 32.2. The Kier molecular flexibility index (Phi) is 2.38. The van der Waals surface area contributed by atoms with Gasteiger partial charge in [-0.15, -0.1) is 11.8 Å². The van der Waals surface area contributed by atoms with Gasteiger partial charge >= 0.3 is 0 Å². The van der Waals surface area contributed by atoms with Crippen molar-refractivity contribution in [2.24, 2.45) is 0 Å². The first-order valence-corrected chi connectivity index (χ1v) is 5.50. The molecular formula is C10H13NS.